The molecule has 1 heterocycles. The van der Waals surface area contributed by atoms with Gasteiger partial charge in [0, 0.05) is 19.0 Å². The summed E-state index contributed by atoms with van der Waals surface area (Å²) in [6.45, 7) is 1.91. The number of likely N-dealkylation sites (N-methyl/N-ethyl adjacent to an activating group) is 1. The molecule has 4 nitrogen and oxygen atoms in total. The Morgan fingerprint density at radius 1 is 1.13 bits per heavy atom. The summed E-state index contributed by atoms with van der Waals surface area (Å²) in [5.41, 5.74) is 2.19. The fourth-order valence-electron chi connectivity index (χ4n) is 3.14. The van der Waals surface area contributed by atoms with Crippen LogP contribution < -0.4 is 4.74 Å². The zero-order valence-electron chi connectivity index (χ0n) is 13.2. The number of rotatable bonds is 5. The smallest absolute Gasteiger partial charge is 0.308 e. The molecule has 0 aromatic heterocycles. The second-order valence-corrected chi connectivity index (χ2v) is 6.12. The molecule has 120 valence electrons. The summed E-state index contributed by atoms with van der Waals surface area (Å²) in [5.74, 6) is -0.212. The molecule has 0 radical (unpaired) electrons. The highest BCUT2D eigenvalue weighted by Crippen LogP contribution is 2.33. The normalized spacial score (nSPS) is 21.3. The summed E-state index contributed by atoms with van der Waals surface area (Å²) in [6.07, 6.45) is 0. The SMILES string of the molecule is CN1C[C@H](C(=O)O)[C@H](c2ccc(OCc3ccccc3)cc2)C1. The molecular formula is C19H21NO3. The van der Waals surface area contributed by atoms with Crippen molar-refractivity contribution in [3.63, 3.8) is 0 Å². The molecule has 1 fully saturated rings. The summed E-state index contributed by atoms with van der Waals surface area (Å²) in [5, 5.41) is 9.38. The van der Waals surface area contributed by atoms with Gasteiger partial charge in [-0.3, -0.25) is 4.79 Å². The van der Waals surface area contributed by atoms with E-state index >= 15 is 0 Å². The number of likely N-dealkylation sites (tertiary alicyclic amines) is 1. The van der Waals surface area contributed by atoms with Gasteiger partial charge >= 0.3 is 5.97 Å². The van der Waals surface area contributed by atoms with Crippen molar-refractivity contribution in [1.82, 2.24) is 4.90 Å². The molecular weight excluding hydrogens is 290 g/mol. The van der Waals surface area contributed by atoms with Crippen LogP contribution in [0.2, 0.25) is 0 Å². The molecule has 0 spiro atoms. The highest BCUT2D eigenvalue weighted by atomic mass is 16.5. The van der Waals surface area contributed by atoms with Crippen LogP contribution in [0.1, 0.15) is 17.0 Å². The maximum atomic E-state index is 11.4. The minimum Gasteiger partial charge on any atom is -0.489 e. The van der Waals surface area contributed by atoms with Crippen molar-refractivity contribution in [3.8, 4) is 5.75 Å². The lowest BCUT2D eigenvalue weighted by Crippen LogP contribution is -2.21. The van der Waals surface area contributed by atoms with Crippen LogP contribution >= 0.6 is 0 Å². The van der Waals surface area contributed by atoms with Crippen molar-refractivity contribution >= 4 is 5.97 Å². The Bertz CT molecular complexity index is 654. The first-order valence-corrected chi connectivity index (χ1v) is 7.81. The van der Waals surface area contributed by atoms with Crippen molar-refractivity contribution in [3.05, 3.63) is 65.7 Å². The number of ether oxygens (including phenoxy) is 1. The first-order valence-electron chi connectivity index (χ1n) is 7.81. The van der Waals surface area contributed by atoms with E-state index in [-0.39, 0.29) is 11.8 Å². The third-order valence-corrected chi connectivity index (χ3v) is 4.38. The average Bonchev–Trinajstić information content (AvgIpc) is 2.97. The summed E-state index contributed by atoms with van der Waals surface area (Å²) in [7, 11) is 1.97. The van der Waals surface area contributed by atoms with Crippen LogP contribution in [0.4, 0.5) is 0 Å². The minimum atomic E-state index is -0.719. The van der Waals surface area contributed by atoms with Crippen LogP contribution in [-0.2, 0) is 11.4 Å². The van der Waals surface area contributed by atoms with E-state index in [1.807, 2.05) is 61.6 Å². The van der Waals surface area contributed by atoms with E-state index in [1.54, 1.807) is 0 Å². The molecule has 1 aliphatic heterocycles. The van der Waals surface area contributed by atoms with Gasteiger partial charge in [0.15, 0.2) is 0 Å². The van der Waals surface area contributed by atoms with E-state index in [4.69, 9.17) is 4.74 Å². The third-order valence-electron chi connectivity index (χ3n) is 4.38. The van der Waals surface area contributed by atoms with Crippen LogP contribution in [0.25, 0.3) is 0 Å². The first-order chi connectivity index (χ1) is 11.1. The van der Waals surface area contributed by atoms with E-state index in [0.717, 1.165) is 23.4 Å². The first kappa shape index (κ1) is 15.6. The molecule has 1 N–H and O–H groups in total. The number of benzene rings is 2. The average molecular weight is 311 g/mol. The Balaban J connectivity index is 1.66. The molecule has 1 aliphatic rings. The number of aliphatic carboxylic acids is 1. The number of hydrogen-bond acceptors (Lipinski definition) is 3. The van der Waals surface area contributed by atoms with Crippen molar-refractivity contribution in [2.75, 3.05) is 20.1 Å². The van der Waals surface area contributed by atoms with Crippen LogP contribution in [0.15, 0.2) is 54.6 Å². The minimum absolute atomic E-state index is 0.0423. The van der Waals surface area contributed by atoms with Gasteiger partial charge in [-0.1, -0.05) is 42.5 Å². The lowest BCUT2D eigenvalue weighted by Gasteiger charge is -2.15. The summed E-state index contributed by atoms with van der Waals surface area (Å²) in [6, 6.07) is 17.8. The second-order valence-electron chi connectivity index (χ2n) is 6.12. The van der Waals surface area contributed by atoms with Gasteiger partial charge in [-0.15, -0.1) is 0 Å². The largest absolute Gasteiger partial charge is 0.489 e. The van der Waals surface area contributed by atoms with Crippen LogP contribution in [-0.4, -0.2) is 36.1 Å². The molecule has 23 heavy (non-hydrogen) atoms. The molecule has 0 saturated carbocycles. The van der Waals surface area contributed by atoms with Gasteiger partial charge in [0.1, 0.15) is 12.4 Å². The Morgan fingerprint density at radius 3 is 2.48 bits per heavy atom. The Morgan fingerprint density at radius 2 is 1.83 bits per heavy atom. The van der Waals surface area contributed by atoms with Gasteiger partial charge < -0.3 is 14.7 Å². The van der Waals surface area contributed by atoms with Crippen LogP contribution in [0, 0.1) is 5.92 Å². The number of carboxylic acid groups (broad SMARTS) is 1. The fourth-order valence-corrected chi connectivity index (χ4v) is 3.14. The highest BCUT2D eigenvalue weighted by Gasteiger charge is 2.36. The van der Waals surface area contributed by atoms with E-state index in [2.05, 4.69) is 4.90 Å². The van der Waals surface area contributed by atoms with Crippen LogP contribution in [0.3, 0.4) is 0 Å². The molecule has 0 unspecified atom stereocenters. The molecule has 1 saturated heterocycles. The van der Waals surface area contributed by atoms with Crippen molar-refractivity contribution in [2.45, 2.75) is 12.5 Å². The zero-order chi connectivity index (χ0) is 16.2. The molecule has 2 aromatic carbocycles. The Hall–Kier alpha value is -2.33. The number of carboxylic acids is 1. The van der Waals surface area contributed by atoms with Gasteiger partial charge in [0.2, 0.25) is 0 Å². The van der Waals surface area contributed by atoms with Crippen molar-refractivity contribution in [2.24, 2.45) is 5.92 Å². The summed E-state index contributed by atoms with van der Waals surface area (Å²) >= 11 is 0. The lowest BCUT2D eigenvalue weighted by molar-refractivity contribution is -0.141. The van der Waals surface area contributed by atoms with Crippen molar-refractivity contribution < 1.29 is 14.6 Å². The van der Waals surface area contributed by atoms with Crippen LogP contribution in [0.5, 0.6) is 5.75 Å². The summed E-state index contributed by atoms with van der Waals surface area (Å²) in [4.78, 5) is 13.5. The molecule has 0 bridgehead atoms. The Kier molecular flexibility index (Phi) is 4.63. The fraction of sp³-hybridized carbons (Fsp3) is 0.316. The highest BCUT2D eigenvalue weighted by molar-refractivity contribution is 5.72. The second kappa shape index (κ2) is 6.84. The standard InChI is InChI=1S/C19H21NO3/c1-20-11-17(18(12-20)19(21)22)15-7-9-16(10-8-15)23-13-14-5-3-2-4-6-14/h2-10,17-18H,11-13H2,1H3,(H,21,22)/t17-,18-/m0/s1. The van der Waals surface area contributed by atoms with Crippen molar-refractivity contribution in [1.29, 1.82) is 0 Å². The number of hydrogen-bond donors (Lipinski definition) is 1. The van der Waals surface area contributed by atoms with Gasteiger partial charge in [-0.05, 0) is 30.3 Å². The monoisotopic (exact) mass is 311 g/mol. The van der Waals surface area contributed by atoms with E-state index < -0.39 is 5.97 Å². The zero-order valence-corrected chi connectivity index (χ0v) is 13.2. The quantitative estimate of drug-likeness (QED) is 0.922. The summed E-state index contributed by atoms with van der Waals surface area (Å²) < 4.78 is 5.78. The van der Waals surface area contributed by atoms with Gasteiger partial charge in [-0.2, -0.15) is 0 Å². The van der Waals surface area contributed by atoms with E-state index in [9.17, 15) is 9.90 Å². The Labute approximate surface area is 136 Å². The molecule has 2 atom stereocenters. The topological polar surface area (TPSA) is 49.8 Å². The predicted molar refractivity (Wildman–Crippen MR) is 88.6 cm³/mol. The predicted octanol–water partition coefficient (Wildman–Crippen LogP) is 3.00. The van der Waals surface area contributed by atoms with E-state index in [1.165, 1.54) is 0 Å². The van der Waals surface area contributed by atoms with Gasteiger partial charge in [0.05, 0.1) is 5.92 Å². The van der Waals surface area contributed by atoms with Gasteiger partial charge in [0.25, 0.3) is 0 Å². The molecule has 0 aliphatic carbocycles. The number of nitrogens with zero attached hydrogens (tertiary/aromatic N) is 1. The third kappa shape index (κ3) is 3.71. The maximum Gasteiger partial charge on any atom is 0.308 e. The molecule has 3 rings (SSSR count). The maximum absolute atomic E-state index is 11.4. The molecule has 2 aromatic rings. The lowest BCUT2D eigenvalue weighted by atomic mass is 9.89. The van der Waals surface area contributed by atoms with Gasteiger partial charge in [-0.25, -0.2) is 0 Å². The molecule has 4 heteroatoms. The number of carbonyl (C=O) groups is 1. The van der Waals surface area contributed by atoms with E-state index in [0.29, 0.717) is 13.2 Å². The molecule has 0 amide bonds.